The Balaban J connectivity index is 1.84. The lowest BCUT2D eigenvalue weighted by molar-refractivity contribution is 0.102. The zero-order chi connectivity index (χ0) is 18.9. The van der Waals surface area contributed by atoms with Crippen LogP contribution in [0.1, 0.15) is 36.7 Å². The van der Waals surface area contributed by atoms with E-state index in [-0.39, 0.29) is 11.0 Å². The number of amides is 1. The number of benzene rings is 2. The highest BCUT2D eigenvalue weighted by Crippen LogP contribution is 2.33. The minimum atomic E-state index is -0.574. The summed E-state index contributed by atoms with van der Waals surface area (Å²) in [6, 6.07) is 14.0. The Hall–Kier alpha value is -2.47. The fourth-order valence-electron chi connectivity index (χ4n) is 2.56. The molecule has 1 heterocycles. The number of carbonyl (C=O) groups is 1. The molecule has 0 saturated heterocycles. The molecule has 2 N–H and O–H groups in total. The maximum Gasteiger partial charge on any atom is 0.259 e. The SMILES string of the molecule is CC(C)(C)c1ccc(-c2[nH]nc(NC(=O)c3ccccc3F)c2Br)cc1. The average Bonchev–Trinajstić information content (AvgIpc) is 2.95. The van der Waals surface area contributed by atoms with E-state index < -0.39 is 11.7 Å². The van der Waals surface area contributed by atoms with Crippen molar-refractivity contribution in [3.8, 4) is 11.3 Å². The van der Waals surface area contributed by atoms with Crippen LogP contribution < -0.4 is 5.32 Å². The van der Waals surface area contributed by atoms with E-state index in [1.54, 1.807) is 6.07 Å². The Bertz CT molecular complexity index is 942. The molecule has 6 heteroatoms. The fourth-order valence-corrected chi connectivity index (χ4v) is 3.06. The summed E-state index contributed by atoms with van der Waals surface area (Å²) in [6.45, 7) is 6.47. The number of H-pyrrole nitrogens is 1. The Kier molecular flexibility index (Phi) is 4.96. The van der Waals surface area contributed by atoms with Crippen LogP contribution in [0.3, 0.4) is 0 Å². The van der Waals surface area contributed by atoms with Gasteiger partial charge in [-0.2, -0.15) is 5.10 Å². The summed E-state index contributed by atoms with van der Waals surface area (Å²) in [5.41, 5.74) is 2.95. The first-order valence-corrected chi connectivity index (χ1v) is 8.97. The average molecular weight is 416 g/mol. The predicted octanol–water partition coefficient (Wildman–Crippen LogP) is 5.53. The van der Waals surface area contributed by atoms with Crippen molar-refractivity contribution >= 4 is 27.7 Å². The Labute approximate surface area is 160 Å². The first kappa shape index (κ1) is 18.3. The second kappa shape index (κ2) is 7.03. The van der Waals surface area contributed by atoms with Crippen molar-refractivity contribution in [3.63, 3.8) is 0 Å². The van der Waals surface area contributed by atoms with Crippen LogP contribution in [0.5, 0.6) is 0 Å². The van der Waals surface area contributed by atoms with Gasteiger partial charge in [0.25, 0.3) is 5.91 Å². The number of nitrogens with one attached hydrogen (secondary N) is 2. The number of carbonyl (C=O) groups excluding carboxylic acids is 1. The second-order valence-corrected chi connectivity index (χ2v) is 7.82. The summed E-state index contributed by atoms with van der Waals surface area (Å²) in [7, 11) is 0. The predicted molar refractivity (Wildman–Crippen MR) is 105 cm³/mol. The summed E-state index contributed by atoms with van der Waals surface area (Å²) in [5, 5.41) is 9.67. The van der Waals surface area contributed by atoms with Crippen molar-refractivity contribution in [1.82, 2.24) is 10.2 Å². The molecule has 1 amide bonds. The largest absolute Gasteiger partial charge is 0.304 e. The van der Waals surface area contributed by atoms with Gasteiger partial charge in [-0.15, -0.1) is 0 Å². The zero-order valence-electron chi connectivity index (χ0n) is 14.7. The van der Waals surface area contributed by atoms with Crippen molar-refractivity contribution in [2.75, 3.05) is 5.32 Å². The van der Waals surface area contributed by atoms with E-state index >= 15 is 0 Å². The van der Waals surface area contributed by atoms with Crippen LogP contribution in [-0.2, 0) is 5.41 Å². The lowest BCUT2D eigenvalue weighted by Gasteiger charge is -2.19. The molecule has 0 aliphatic carbocycles. The van der Waals surface area contributed by atoms with E-state index in [2.05, 4.69) is 64.3 Å². The Morgan fingerprint density at radius 2 is 1.77 bits per heavy atom. The van der Waals surface area contributed by atoms with Crippen LogP contribution in [0.15, 0.2) is 53.0 Å². The molecule has 0 atom stereocenters. The van der Waals surface area contributed by atoms with Crippen LogP contribution in [-0.4, -0.2) is 16.1 Å². The highest BCUT2D eigenvalue weighted by atomic mass is 79.9. The number of anilines is 1. The molecule has 0 saturated carbocycles. The molecular weight excluding hydrogens is 397 g/mol. The monoisotopic (exact) mass is 415 g/mol. The van der Waals surface area contributed by atoms with Crippen LogP contribution >= 0.6 is 15.9 Å². The van der Waals surface area contributed by atoms with E-state index in [1.165, 1.54) is 23.8 Å². The molecule has 0 aliphatic heterocycles. The molecule has 134 valence electrons. The van der Waals surface area contributed by atoms with Crippen LogP contribution in [0.25, 0.3) is 11.3 Å². The van der Waals surface area contributed by atoms with Crippen LogP contribution in [0, 0.1) is 5.82 Å². The smallest absolute Gasteiger partial charge is 0.259 e. The van der Waals surface area contributed by atoms with Crippen molar-refractivity contribution in [3.05, 3.63) is 69.9 Å². The molecule has 3 aromatic rings. The topological polar surface area (TPSA) is 57.8 Å². The highest BCUT2D eigenvalue weighted by molar-refractivity contribution is 9.10. The maximum atomic E-state index is 13.7. The van der Waals surface area contributed by atoms with Crippen molar-refractivity contribution in [1.29, 1.82) is 0 Å². The number of hydrogen-bond donors (Lipinski definition) is 2. The highest BCUT2D eigenvalue weighted by Gasteiger charge is 2.18. The Morgan fingerprint density at radius 1 is 1.12 bits per heavy atom. The lowest BCUT2D eigenvalue weighted by Crippen LogP contribution is -2.14. The third-order valence-electron chi connectivity index (χ3n) is 4.10. The van der Waals surface area contributed by atoms with Crippen molar-refractivity contribution in [2.24, 2.45) is 0 Å². The fraction of sp³-hybridized carbons (Fsp3) is 0.200. The van der Waals surface area contributed by atoms with E-state index in [0.29, 0.717) is 10.3 Å². The van der Waals surface area contributed by atoms with Gasteiger partial charge in [0.1, 0.15) is 5.82 Å². The Morgan fingerprint density at radius 3 is 2.38 bits per heavy atom. The quantitative estimate of drug-likeness (QED) is 0.590. The molecule has 0 unspecified atom stereocenters. The molecule has 26 heavy (non-hydrogen) atoms. The van der Waals surface area contributed by atoms with E-state index in [4.69, 9.17) is 0 Å². The van der Waals surface area contributed by atoms with Crippen molar-refractivity contribution in [2.45, 2.75) is 26.2 Å². The van der Waals surface area contributed by atoms with Gasteiger partial charge in [-0.3, -0.25) is 9.89 Å². The summed E-state index contributed by atoms with van der Waals surface area (Å²) in [5.74, 6) is -0.812. The summed E-state index contributed by atoms with van der Waals surface area (Å²) in [6.07, 6.45) is 0. The van der Waals surface area contributed by atoms with Crippen LogP contribution in [0.2, 0.25) is 0 Å². The minimum Gasteiger partial charge on any atom is -0.304 e. The van der Waals surface area contributed by atoms with Gasteiger partial charge in [0, 0.05) is 5.56 Å². The van der Waals surface area contributed by atoms with Crippen LogP contribution in [0.4, 0.5) is 10.2 Å². The van der Waals surface area contributed by atoms with Gasteiger partial charge in [-0.1, -0.05) is 57.2 Å². The standard InChI is InChI=1S/C20H19BrFN3O/c1-20(2,3)13-10-8-12(9-11-13)17-16(21)18(25-24-17)23-19(26)14-6-4-5-7-15(14)22/h4-11H,1-3H3,(H2,23,24,25,26). The van der Waals surface area contributed by atoms with Gasteiger partial charge in [0.05, 0.1) is 15.7 Å². The number of aromatic nitrogens is 2. The summed E-state index contributed by atoms with van der Waals surface area (Å²) < 4.78 is 14.4. The third kappa shape index (κ3) is 3.70. The molecule has 2 aromatic carbocycles. The van der Waals surface area contributed by atoms with Gasteiger partial charge in [-0.05, 0) is 39.0 Å². The maximum absolute atomic E-state index is 13.7. The number of nitrogens with zero attached hydrogens (tertiary/aromatic N) is 1. The van der Waals surface area contributed by atoms with Gasteiger partial charge in [-0.25, -0.2) is 4.39 Å². The molecular formula is C20H19BrFN3O. The number of aromatic amines is 1. The molecule has 0 bridgehead atoms. The lowest BCUT2D eigenvalue weighted by atomic mass is 9.86. The first-order chi connectivity index (χ1) is 12.3. The van der Waals surface area contributed by atoms with Gasteiger partial charge >= 0.3 is 0 Å². The number of hydrogen-bond acceptors (Lipinski definition) is 2. The third-order valence-corrected chi connectivity index (χ3v) is 4.87. The molecule has 0 radical (unpaired) electrons. The molecule has 3 rings (SSSR count). The number of rotatable bonds is 3. The van der Waals surface area contributed by atoms with Gasteiger partial charge in [0.2, 0.25) is 0 Å². The molecule has 4 nitrogen and oxygen atoms in total. The molecule has 1 aromatic heterocycles. The summed E-state index contributed by atoms with van der Waals surface area (Å²) >= 11 is 3.46. The normalized spacial score (nSPS) is 11.4. The van der Waals surface area contributed by atoms with E-state index in [0.717, 1.165) is 11.3 Å². The minimum absolute atomic E-state index is 0.0292. The zero-order valence-corrected chi connectivity index (χ0v) is 16.3. The molecule has 0 fully saturated rings. The molecule has 0 spiro atoms. The summed E-state index contributed by atoms with van der Waals surface area (Å²) in [4.78, 5) is 12.3. The second-order valence-electron chi connectivity index (χ2n) is 7.02. The van der Waals surface area contributed by atoms with Gasteiger partial charge < -0.3 is 5.32 Å². The molecule has 0 aliphatic rings. The van der Waals surface area contributed by atoms with E-state index in [1.807, 2.05) is 12.1 Å². The number of halogens is 2. The van der Waals surface area contributed by atoms with Gasteiger partial charge in [0.15, 0.2) is 5.82 Å². The van der Waals surface area contributed by atoms with Crippen molar-refractivity contribution < 1.29 is 9.18 Å². The van der Waals surface area contributed by atoms with E-state index in [9.17, 15) is 9.18 Å². The first-order valence-electron chi connectivity index (χ1n) is 8.18.